The van der Waals surface area contributed by atoms with Gasteiger partial charge in [-0.05, 0) is 12.8 Å². The molecule has 0 atom stereocenters. The third kappa shape index (κ3) is 5.71. The fourth-order valence-electron chi connectivity index (χ4n) is 1.93. The molecule has 0 spiro atoms. The van der Waals surface area contributed by atoms with Crippen LogP contribution in [0.3, 0.4) is 0 Å². The van der Waals surface area contributed by atoms with Gasteiger partial charge < -0.3 is 9.47 Å². The van der Waals surface area contributed by atoms with Gasteiger partial charge in [-0.3, -0.25) is 0 Å². The number of alkyl halides is 2. The van der Waals surface area contributed by atoms with Crippen LogP contribution in [0.15, 0.2) is 0 Å². The molecule has 2 N–H and O–H groups in total. The number of halogens is 2. The molecular formula is C9H17F2NO4S. The molecule has 8 heteroatoms. The van der Waals surface area contributed by atoms with Gasteiger partial charge in [0.15, 0.2) is 0 Å². The average Bonchev–Trinajstić information content (AvgIpc) is 2.15. The van der Waals surface area contributed by atoms with Crippen molar-refractivity contribution in [3.8, 4) is 0 Å². The van der Waals surface area contributed by atoms with E-state index >= 15 is 0 Å². The van der Waals surface area contributed by atoms with E-state index in [-0.39, 0.29) is 12.4 Å². The van der Waals surface area contributed by atoms with Crippen LogP contribution in [0.4, 0.5) is 8.78 Å². The summed E-state index contributed by atoms with van der Waals surface area (Å²) in [7, 11) is -3.66. The van der Waals surface area contributed by atoms with Gasteiger partial charge in [-0.2, -0.15) is 0 Å². The molecule has 0 radical (unpaired) electrons. The van der Waals surface area contributed by atoms with Crippen molar-refractivity contribution in [1.29, 1.82) is 0 Å². The zero-order valence-corrected chi connectivity index (χ0v) is 10.2. The first-order valence-electron chi connectivity index (χ1n) is 5.27. The molecule has 1 heterocycles. The van der Waals surface area contributed by atoms with Crippen molar-refractivity contribution in [2.75, 3.05) is 32.2 Å². The molecular weight excluding hydrogens is 256 g/mol. The van der Waals surface area contributed by atoms with Crippen molar-refractivity contribution >= 4 is 10.0 Å². The zero-order valence-electron chi connectivity index (χ0n) is 9.40. The van der Waals surface area contributed by atoms with Crippen molar-refractivity contribution in [1.82, 2.24) is 0 Å². The highest BCUT2D eigenvalue weighted by Gasteiger charge is 2.36. The topological polar surface area (TPSA) is 78.6 Å². The van der Waals surface area contributed by atoms with Crippen LogP contribution in [0.5, 0.6) is 0 Å². The number of hydrogen-bond acceptors (Lipinski definition) is 4. The Morgan fingerprint density at radius 2 is 1.94 bits per heavy atom. The third-order valence-corrected chi connectivity index (χ3v) is 3.73. The summed E-state index contributed by atoms with van der Waals surface area (Å²) in [6, 6.07) is 0. The van der Waals surface area contributed by atoms with Crippen molar-refractivity contribution in [2.45, 2.75) is 19.3 Å². The van der Waals surface area contributed by atoms with E-state index in [2.05, 4.69) is 0 Å². The fraction of sp³-hybridized carbons (Fsp3) is 1.00. The Labute approximate surface area is 99.3 Å². The summed E-state index contributed by atoms with van der Waals surface area (Å²) in [5, 5.41) is 5.01. The molecule has 0 aromatic rings. The Morgan fingerprint density at radius 3 is 2.41 bits per heavy atom. The van der Waals surface area contributed by atoms with Gasteiger partial charge in [-0.15, -0.1) is 0 Å². The van der Waals surface area contributed by atoms with Gasteiger partial charge in [0.1, 0.15) is 6.61 Å². The molecule has 102 valence electrons. The zero-order chi connectivity index (χ0) is 12.9. The molecule has 1 aliphatic heterocycles. The van der Waals surface area contributed by atoms with Gasteiger partial charge in [0.25, 0.3) is 6.43 Å². The normalized spacial score (nSPS) is 20.7. The van der Waals surface area contributed by atoms with E-state index in [0.717, 1.165) is 0 Å². The molecule has 1 fully saturated rings. The summed E-state index contributed by atoms with van der Waals surface area (Å²) in [6.07, 6.45) is -1.65. The minimum atomic E-state index is -3.66. The van der Waals surface area contributed by atoms with E-state index in [9.17, 15) is 17.2 Å². The summed E-state index contributed by atoms with van der Waals surface area (Å²) in [6.45, 7) is 0.0749. The maximum absolute atomic E-state index is 12.0. The highest BCUT2D eigenvalue weighted by atomic mass is 32.2. The van der Waals surface area contributed by atoms with Crippen molar-refractivity contribution in [2.24, 2.45) is 10.6 Å². The second-order valence-electron chi connectivity index (χ2n) is 4.33. The first-order valence-corrected chi connectivity index (χ1v) is 6.99. The summed E-state index contributed by atoms with van der Waals surface area (Å²) in [5.41, 5.74) is -0.694. The molecule has 0 aromatic heterocycles. The first kappa shape index (κ1) is 14.7. The van der Waals surface area contributed by atoms with Gasteiger partial charge in [0, 0.05) is 18.6 Å². The molecule has 0 aliphatic carbocycles. The molecule has 1 rings (SSSR count). The van der Waals surface area contributed by atoms with Gasteiger partial charge in [0.2, 0.25) is 10.0 Å². The number of sulfonamides is 1. The molecule has 1 aliphatic rings. The lowest BCUT2D eigenvalue weighted by molar-refractivity contribution is -0.0538. The predicted molar refractivity (Wildman–Crippen MR) is 57.3 cm³/mol. The second kappa shape index (κ2) is 6.03. The SMILES string of the molecule is NS(=O)(=O)CC1(COCC(F)F)CCOCC1. The maximum atomic E-state index is 12.0. The van der Waals surface area contributed by atoms with Crippen LogP contribution in [-0.4, -0.2) is 47.0 Å². The minimum Gasteiger partial charge on any atom is -0.381 e. The molecule has 0 bridgehead atoms. The predicted octanol–water partition coefficient (Wildman–Crippen LogP) is 0.353. The lowest BCUT2D eigenvalue weighted by atomic mass is 9.83. The summed E-state index contributed by atoms with van der Waals surface area (Å²) in [5.74, 6) is -0.257. The van der Waals surface area contributed by atoms with Crippen LogP contribution >= 0.6 is 0 Å². The quantitative estimate of drug-likeness (QED) is 0.757. The van der Waals surface area contributed by atoms with E-state index in [4.69, 9.17) is 14.6 Å². The highest BCUT2D eigenvalue weighted by Crippen LogP contribution is 2.32. The summed E-state index contributed by atoms with van der Waals surface area (Å²) < 4.78 is 56.2. The lowest BCUT2D eigenvalue weighted by Gasteiger charge is -2.35. The van der Waals surface area contributed by atoms with E-state index < -0.39 is 28.5 Å². The van der Waals surface area contributed by atoms with Gasteiger partial charge in [-0.25, -0.2) is 22.3 Å². The monoisotopic (exact) mass is 273 g/mol. The maximum Gasteiger partial charge on any atom is 0.261 e. The standard InChI is InChI=1S/C9H17F2NO4S/c10-8(11)5-16-6-9(7-17(12,13)14)1-3-15-4-2-9/h8H,1-7H2,(H2,12,13,14). The van der Waals surface area contributed by atoms with Crippen molar-refractivity contribution < 1.29 is 26.7 Å². The molecule has 0 saturated carbocycles. The molecule has 5 nitrogen and oxygen atoms in total. The summed E-state index contributed by atoms with van der Waals surface area (Å²) >= 11 is 0. The number of primary sulfonamides is 1. The number of nitrogens with two attached hydrogens (primary N) is 1. The molecule has 1 saturated heterocycles. The van der Waals surface area contributed by atoms with E-state index in [1.807, 2.05) is 0 Å². The van der Waals surface area contributed by atoms with Gasteiger partial charge in [0.05, 0.1) is 12.4 Å². The lowest BCUT2D eigenvalue weighted by Crippen LogP contribution is -2.42. The van der Waals surface area contributed by atoms with E-state index in [1.165, 1.54) is 0 Å². The minimum absolute atomic E-state index is 0.0306. The number of rotatable bonds is 6. The largest absolute Gasteiger partial charge is 0.381 e. The summed E-state index contributed by atoms with van der Waals surface area (Å²) in [4.78, 5) is 0. The van der Waals surface area contributed by atoms with Crippen LogP contribution in [-0.2, 0) is 19.5 Å². The Hall–Kier alpha value is -0.310. The Balaban J connectivity index is 2.58. The highest BCUT2D eigenvalue weighted by molar-refractivity contribution is 7.89. The number of ether oxygens (including phenoxy) is 2. The number of hydrogen-bond donors (Lipinski definition) is 1. The van der Waals surface area contributed by atoms with Gasteiger partial charge in [-0.1, -0.05) is 0 Å². The average molecular weight is 273 g/mol. The van der Waals surface area contributed by atoms with Crippen molar-refractivity contribution in [3.05, 3.63) is 0 Å². The Bertz CT molecular complexity index is 328. The smallest absolute Gasteiger partial charge is 0.261 e. The fourth-order valence-corrected chi connectivity index (χ4v) is 3.15. The van der Waals surface area contributed by atoms with Crippen LogP contribution < -0.4 is 5.14 Å². The second-order valence-corrected chi connectivity index (χ2v) is 5.94. The van der Waals surface area contributed by atoms with Crippen molar-refractivity contribution in [3.63, 3.8) is 0 Å². The molecule has 0 amide bonds. The first-order chi connectivity index (χ1) is 7.83. The molecule has 0 aromatic carbocycles. The third-order valence-electron chi connectivity index (χ3n) is 2.71. The van der Waals surface area contributed by atoms with Crippen LogP contribution in [0.25, 0.3) is 0 Å². The Morgan fingerprint density at radius 1 is 1.35 bits per heavy atom. The van der Waals surface area contributed by atoms with Crippen LogP contribution in [0, 0.1) is 5.41 Å². The Kier molecular flexibility index (Phi) is 5.23. The molecule has 17 heavy (non-hydrogen) atoms. The van der Waals surface area contributed by atoms with E-state index in [1.54, 1.807) is 0 Å². The van der Waals surface area contributed by atoms with Crippen LogP contribution in [0.2, 0.25) is 0 Å². The van der Waals surface area contributed by atoms with Crippen LogP contribution in [0.1, 0.15) is 12.8 Å². The van der Waals surface area contributed by atoms with E-state index in [0.29, 0.717) is 26.1 Å². The molecule has 0 unspecified atom stereocenters. The van der Waals surface area contributed by atoms with Gasteiger partial charge >= 0.3 is 0 Å².